The zero-order valence-corrected chi connectivity index (χ0v) is 12.8. The minimum absolute atomic E-state index is 0.171. The van der Waals surface area contributed by atoms with E-state index in [1.807, 2.05) is 39.0 Å². The van der Waals surface area contributed by atoms with E-state index in [9.17, 15) is 0 Å². The quantitative estimate of drug-likeness (QED) is 0.645. The molecule has 1 aromatic carbocycles. The highest BCUT2D eigenvalue weighted by Crippen LogP contribution is 2.21. The van der Waals surface area contributed by atoms with E-state index in [4.69, 9.17) is 14.6 Å². The van der Waals surface area contributed by atoms with E-state index in [0.29, 0.717) is 19.8 Å². The molecule has 0 aliphatic rings. The van der Waals surface area contributed by atoms with Gasteiger partial charge in [0.05, 0.1) is 19.8 Å². The molecule has 0 fully saturated rings. The summed E-state index contributed by atoms with van der Waals surface area (Å²) in [6.45, 7) is 8.84. The Morgan fingerprint density at radius 2 is 1.85 bits per heavy atom. The minimum atomic E-state index is 0.171. The molecule has 1 aromatic rings. The Bertz CT molecular complexity index is 358. The van der Waals surface area contributed by atoms with Crippen molar-refractivity contribution in [2.24, 2.45) is 0 Å². The normalized spacial score (nSPS) is 12.4. The first-order valence-electron chi connectivity index (χ1n) is 7.30. The second-order valence-corrected chi connectivity index (χ2v) is 4.92. The van der Waals surface area contributed by atoms with Crippen molar-refractivity contribution in [2.45, 2.75) is 33.2 Å². The smallest absolute Gasteiger partial charge is 0.125 e. The second-order valence-electron chi connectivity index (χ2n) is 4.92. The molecule has 4 nitrogen and oxygen atoms in total. The highest BCUT2D eigenvalue weighted by molar-refractivity contribution is 5.39. The number of para-hydroxylation sites is 1. The van der Waals surface area contributed by atoms with Crippen LogP contribution >= 0.6 is 0 Å². The van der Waals surface area contributed by atoms with Crippen LogP contribution in [0.2, 0.25) is 0 Å². The van der Waals surface area contributed by atoms with E-state index in [1.54, 1.807) is 0 Å². The summed E-state index contributed by atoms with van der Waals surface area (Å²) in [6.07, 6.45) is 0.923. The molecule has 0 heterocycles. The van der Waals surface area contributed by atoms with Crippen LogP contribution in [-0.2, 0) is 4.74 Å². The second kappa shape index (κ2) is 9.75. The molecule has 0 aromatic heterocycles. The summed E-state index contributed by atoms with van der Waals surface area (Å²) in [5.74, 6) is 0.959. The number of hydrogen-bond acceptors (Lipinski definition) is 4. The van der Waals surface area contributed by atoms with Crippen LogP contribution in [0.4, 0.5) is 0 Å². The number of benzene rings is 1. The summed E-state index contributed by atoms with van der Waals surface area (Å²) >= 11 is 0. The third-order valence-electron chi connectivity index (χ3n) is 3.28. The lowest BCUT2D eigenvalue weighted by Gasteiger charge is -2.14. The Balaban J connectivity index is 2.11. The maximum Gasteiger partial charge on any atom is 0.125 e. The maximum absolute atomic E-state index is 9.02. The number of nitrogens with one attached hydrogen (secondary N) is 1. The van der Waals surface area contributed by atoms with Crippen LogP contribution in [-0.4, -0.2) is 44.1 Å². The van der Waals surface area contributed by atoms with Crippen molar-refractivity contribution in [1.82, 2.24) is 5.32 Å². The first kappa shape index (κ1) is 17.0. The fourth-order valence-electron chi connectivity index (χ4n) is 2.00. The number of hydrogen-bond donors (Lipinski definition) is 2. The molecule has 0 unspecified atom stereocenters. The third-order valence-corrected chi connectivity index (χ3v) is 3.28. The molecule has 114 valence electrons. The maximum atomic E-state index is 9.02. The van der Waals surface area contributed by atoms with Crippen molar-refractivity contribution < 1.29 is 14.6 Å². The molecule has 4 heteroatoms. The molecular weight excluding hydrogens is 254 g/mol. The predicted octanol–water partition coefficient (Wildman–Crippen LogP) is 2.06. The lowest BCUT2D eigenvalue weighted by Crippen LogP contribution is -2.34. The average molecular weight is 281 g/mol. The van der Waals surface area contributed by atoms with Gasteiger partial charge in [0, 0.05) is 12.6 Å². The lowest BCUT2D eigenvalue weighted by atomic mass is 10.1. The van der Waals surface area contributed by atoms with Crippen LogP contribution in [0.25, 0.3) is 0 Å². The van der Waals surface area contributed by atoms with E-state index < -0.39 is 0 Å². The van der Waals surface area contributed by atoms with Gasteiger partial charge in [-0.2, -0.15) is 0 Å². The standard InChI is InChI=1S/C16H27NO3/c1-4-15(12-18)17-8-9-19-10-11-20-16-13(2)6-5-7-14(16)3/h5-7,15,17-18H,4,8-12H2,1-3H3/t15-/m1/s1. The van der Waals surface area contributed by atoms with E-state index in [-0.39, 0.29) is 12.6 Å². The highest BCUT2D eigenvalue weighted by atomic mass is 16.5. The zero-order valence-electron chi connectivity index (χ0n) is 12.8. The van der Waals surface area contributed by atoms with Crippen molar-refractivity contribution in [3.63, 3.8) is 0 Å². The molecule has 0 saturated carbocycles. The van der Waals surface area contributed by atoms with Gasteiger partial charge in [0.2, 0.25) is 0 Å². The zero-order chi connectivity index (χ0) is 14.8. The van der Waals surface area contributed by atoms with Crippen molar-refractivity contribution in [1.29, 1.82) is 0 Å². The first-order valence-corrected chi connectivity index (χ1v) is 7.30. The van der Waals surface area contributed by atoms with Gasteiger partial charge in [0.25, 0.3) is 0 Å². The number of aliphatic hydroxyl groups excluding tert-OH is 1. The molecule has 2 N–H and O–H groups in total. The van der Waals surface area contributed by atoms with Crippen LogP contribution in [0.1, 0.15) is 24.5 Å². The third kappa shape index (κ3) is 5.90. The van der Waals surface area contributed by atoms with Gasteiger partial charge < -0.3 is 19.9 Å². The number of aryl methyl sites for hydroxylation is 2. The van der Waals surface area contributed by atoms with E-state index >= 15 is 0 Å². The summed E-state index contributed by atoms with van der Waals surface area (Å²) in [7, 11) is 0. The molecule has 0 bridgehead atoms. The molecular formula is C16H27NO3. The average Bonchev–Trinajstić information content (AvgIpc) is 2.44. The van der Waals surface area contributed by atoms with Crippen molar-refractivity contribution in [3.8, 4) is 5.75 Å². The van der Waals surface area contributed by atoms with Gasteiger partial charge in [-0.3, -0.25) is 0 Å². The molecule has 0 saturated heterocycles. The van der Waals surface area contributed by atoms with Crippen molar-refractivity contribution in [2.75, 3.05) is 33.0 Å². The Kier molecular flexibility index (Phi) is 8.26. The van der Waals surface area contributed by atoms with E-state index in [2.05, 4.69) is 5.32 Å². The fraction of sp³-hybridized carbons (Fsp3) is 0.625. The SMILES string of the molecule is CC[C@H](CO)NCCOCCOc1c(C)cccc1C. The van der Waals surface area contributed by atoms with Gasteiger partial charge in [-0.25, -0.2) is 0 Å². The summed E-state index contributed by atoms with van der Waals surface area (Å²) in [4.78, 5) is 0. The summed E-state index contributed by atoms with van der Waals surface area (Å²) in [5, 5.41) is 12.3. The van der Waals surface area contributed by atoms with Gasteiger partial charge in [-0.05, 0) is 31.4 Å². The molecule has 20 heavy (non-hydrogen) atoms. The molecule has 0 amide bonds. The number of aliphatic hydroxyl groups is 1. The lowest BCUT2D eigenvalue weighted by molar-refractivity contribution is 0.0977. The largest absolute Gasteiger partial charge is 0.491 e. The summed E-state index contributed by atoms with van der Waals surface area (Å²) in [5.41, 5.74) is 2.31. The van der Waals surface area contributed by atoms with Crippen LogP contribution in [0.15, 0.2) is 18.2 Å². The summed E-state index contributed by atoms with van der Waals surface area (Å²) < 4.78 is 11.3. The number of ether oxygens (including phenoxy) is 2. The van der Waals surface area contributed by atoms with E-state index in [1.165, 1.54) is 0 Å². The molecule has 0 aliphatic heterocycles. The Hall–Kier alpha value is -1.10. The van der Waals surface area contributed by atoms with Crippen LogP contribution in [0, 0.1) is 13.8 Å². The first-order chi connectivity index (χ1) is 9.69. The van der Waals surface area contributed by atoms with Crippen LogP contribution in [0.5, 0.6) is 5.75 Å². The molecule has 0 aliphatic carbocycles. The van der Waals surface area contributed by atoms with Gasteiger partial charge in [0.15, 0.2) is 0 Å². The minimum Gasteiger partial charge on any atom is -0.491 e. The van der Waals surface area contributed by atoms with Gasteiger partial charge in [-0.15, -0.1) is 0 Å². The van der Waals surface area contributed by atoms with Gasteiger partial charge in [-0.1, -0.05) is 25.1 Å². The molecule has 0 spiro atoms. The Labute approximate surface area is 122 Å². The van der Waals surface area contributed by atoms with Gasteiger partial charge >= 0.3 is 0 Å². The predicted molar refractivity (Wildman–Crippen MR) is 81.4 cm³/mol. The number of rotatable bonds is 10. The van der Waals surface area contributed by atoms with Crippen molar-refractivity contribution in [3.05, 3.63) is 29.3 Å². The van der Waals surface area contributed by atoms with Crippen LogP contribution in [0.3, 0.4) is 0 Å². The van der Waals surface area contributed by atoms with Gasteiger partial charge in [0.1, 0.15) is 12.4 Å². The highest BCUT2D eigenvalue weighted by Gasteiger charge is 2.03. The summed E-state index contributed by atoms with van der Waals surface area (Å²) in [6, 6.07) is 6.30. The Morgan fingerprint density at radius 1 is 1.15 bits per heavy atom. The fourth-order valence-corrected chi connectivity index (χ4v) is 2.00. The molecule has 1 atom stereocenters. The molecule has 1 rings (SSSR count). The Morgan fingerprint density at radius 3 is 2.45 bits per heavy atom. The topological polar surface area (TPSA) is 50.7 Å². The van der Waals surface area contributed by atoms with Crippen LogP contribution < -0.4 is 10.1 Å². The van der Waals surface area contributed by atoms with E-state index in [0.717, 1.165) is 29.8 Å². The monoisotopic (exact) mass is 281 g/mol. The van der Waals surface area contributed by atoms with Crippen molar-refractivity contribution >= 4 is 0 Å². The molecule has 0 radical (unpaired) electrons.